The van der Waals surface area contributed by atoms with Crippen LogP contribution >= 0.6 is 0 Å². The van der Waals surface area contributed by atoms with E-state index in [9.17, 15) is 14.7 Å². The highest BCUT2D eigenvalue weighted by atomic mass is 16.4. The number of carboxylic acids is 1. The number of aliphatic carboxylic acids is 1. The molecule has 21 heavy (non-hydrogen) atoms. The molecule has 0 aliphatic heterocycles. The summed E-state index contributed by atoms with van der Waals surface area (Å²) in [5, 5.41) is 14.8. The first-order valence-corrected chi connectivity index (χ1v) is 8.27. The maximum Gasteiger partial charge on any atom is 0.314 e. The highest BCUT2D eigenvalue weighted by Gasteiger charge is 2.35. The Kier molecular flexibility index (Phi) is 10.7. The van der Waals surface area contributed by atoms with Crippen LogP contribution in [0.2, 0.25) is 0 Å². The van der Waals surface area contributed by atoms with Crippen LogP contribution in [0.25, 0.3) is 0 Å². The van der Waals surface area contributed by atoms with Gasteiger partial charge in [0.15, 0.2) is 0 Å². The van der Waals surface area contributed by atoms with Gasteiger partial charge in [-0.2, -0.15) is 0 Å². The molecule has 0 aromatic heterocycles. The minimum absolute atomic E-state index is 0.178. The van der Waals surface area contributed by atoms with Gasteiger partial charge < -0.3 is 15.7 Å². The van der Waals surface area contributed by atoms with Gasteiger partial charge in [-0.25, -0.2) is 4.79 Å². The maximum absolute atomic E-state index is 11.7. The molecule has 0 aromatic rings. The monoisotopic (exact) mass is 300 g/mol. The summed E-state index contributed by atoms with van der Waals surface area (Å²) in [7, 11) is 0. The molecule has 0 atom stereocenters. The summed E-state index contributed by atoms with van der Waals surface area (Å²) in [4.78, 5) is 23.0. The third kappa shape index (κ3) is 7.93. The quantitative estimate of drug-likeness (QED) is 0.482. The Morgan fingerprint density at radius 2 is 1.48 bits per heavy atom. The van der Waals surface area contributed by atoms with Crippen LogP contribution in [0.5, 0.6) is 0 Å². The zero-order chi connectivity index (χ0) is 16.1. The van der Waals surface area contributed by atoms with Gasteiger partial charge in [0.2, 0.25) is 0 Å². The second-order valence-electron chi connectivity index (χ2n) is 5.67. The molecule has 2 amide bonds. The minimum Gasteiger partial charge on any atom is -0.481 e. The van der Waals surface area contributed by atoms with Gasteiger partial charge in [-0.1, -0.05) is 52.9 Å². The Morgan fingerprint density at radius 1 is 0.905 bits per heavy atom. The summed E-state index contributed by atoms with van der Waals surface area (Å²) >= 11 is 0. The molecule has 0 unspecified atom stereocenters. The fraction of sp³-hybridized carbons (Fsp3) is 0.875. The van der Waals surface area contributed by atoms with E-state index in [0.29, 0.717) is 19.4 Å². The molecule has 3 N–H and O–H groups in total. The van der Waals surface area contributed by atoms with E-state index in [1.54, 1.807) is 0 Å². The van der Waals surface area contributed by atoms with E-state index in [-0.39, 0.29) is 12.6 Å². The fourth-order valence-electron chi connectivity index (χ4n) is 2.30. The lowest BCUT2D eigenvalue weighted by molar-refractivity contribution is -0.149. The Bertz CT molecular complexity index is 302. The standard InChI is InChI=1S/C16H32N2O3/c1-4-7-8-9-10-11-12-17-15(21)18-13-16(5-2,6-3)14(19)20/h4-13H2,1-3H3,(H,19,20)(H2,17,18,21). The average Bonchev–Trinajstić information content (AvgIpc) is 2.47. The summed E-state index contributed by atoms with van der Waals surface area (Å²) in [6.45, 7) is 6.70. The molecule has 0 heterocycles. The van der Waals surface area contributed by atoms with Gasteiger partial charge in [0.25, 0.3) is 0 Å². The van der Waals surface area contributed by atoms with Crippen molar-refractivity contribution in [2.75, 3.05) is 13.1 Å². The molecule has 0 bridgehead atoms. The first-order valence-electron chi connectivity index (χ1n) is 8.27. The van der Waals surface area contributed by atoms with Gasteiger partial charge >= 0.3 is 12.0 Å². The van der Waals surface area contributed by atoms with Crippen molar-refractivity contribution >= 4 is 12.0 Å². The molecule has 0 aliphatic carbocycles. The van der Waals surface area contributed by atoms with Crippen LogP contribution < -0.4 is 10.6 Å². The van der Waals surface area contributed by atoms with Crippen LogP contribution in [0, 0.1) is 5.41 Å². The van der Waals surface area contributed by atoms with Crippen LogP contribution in [0.1, 0.15) is 72.1 Å². The van der Waals surface area contributed by atoms with Crippen molar-refractivity contribution in [1.82, 2.24) is 10.6 Å². The first kappa shape index (κ1) is 19.7. The van der Waals surface area contributed by atoms with Crippen molar-refractivity contribution < 1.29 is 14.7 Å². The highest BCUT2D eigenvalue weighted by Crippen LogP contribution is 2.25. The van der Waals surface area contributed by atoms with Crippen LogP contribution in [-0.4, -0.2) is 30.2 Å². The average molecular weight is 300 g/mol. The van der Waals surface area contributed by atoms with E-state index in [4.69, 9.17) is 0 Å². The Morgan fingerprint density at radius 3 is 2.00 bits per heavy atom. The van der Waals surface area contributed by atoms with Crippen LogP contribution in [0.15, 0.2) is 0 Å². The molecule has 0 aliphatic rings. The summed E-state index contributed by atoms with van der Waals surface area (Å²) in [6.07, 6.45) is 8.11. The third-order valence-electron chi connectivity index (χ3n) is 4.21. The number of hydrogen-bond acceptors (Lipinski definition) is 2. The largest absolute Gasteiger partial charge is 0.481 e. The molecule has 0 fully saturated rings. The predicted octanol–water partition coefficient (Wildman–Crippen LogP) is 3.54. The molecule has 124 valence electrons. The highest BCUT2D eigenvalue weighted by molar-refractivity contribution is 5.78. The van der Waals surface area contributed by atoms with E-state index in [0.717, 1.165) is 12.8 Å². The number of carboxylic acid groups (broad SMARTS) is 1. The first-order chi connectivity index (χ1) is 10.0. The van der Waals surface area contributed by atoms with Crippen molar-refractivity contribution in [3.8, 4) is 0 Å². The molecule has 0 rings (SSSR count). The van der Waals surface area contributed by atoms with Gasteiger partial charge in [-0.3, -0.25) is 4.79 Å². The molecule has 0 aromatic carbocycles. The van der Waals surface area contributed by atoms with Crippen LogP contribution in [-0.2, 0) is 4.79 Å². The van der Waals surface area contributed by atoms with Gasteiger partial charge in [0.1, 0.15) is 0 Å². The van der Waals surface area contributed by atoms with Crippen LogP contribution in [0.3, 0.4) is 0 Å². The Balaban J connectivity index is 3.82. The van der Waals surface area contributed by atoms with Crippen molar-refractivity contribution in [1.29, 1.82) is 0 Å². The molecule has 0 spiro atoms. The predicted molar refractivity (Wildman–Crippen MR) is 85.4 cm³/mol. The molecule has 5 nitrogen and oxygen atoms in total. The minimum atomic E-state index is -0.850. The Hall–Kier alpha value is -1.26. The second kappa shape index (κ2) is 11.4. The van der Waals surface area contributed by atoms with Gasteiger partial charge in [0.05, 0.1) is 5.41 Å². The van der Waals surface area contributed by atoms with Gasteiger partial charge in [-0.15, -0.1) is 0 Å². The van der Waals surface area contributed by atoms with E-state index >= 15 is 0 Å². The topological polar surface area (TPSA) is 78.4 Å². The summed E-state index contributed by atoms with van der Waals surface area (Å²) < 4.78 is 0. The summed E-state index contributed by atoms with van der Waals surface area (Å²) in [5.41, 5.74) is -0.850. The molecular weight excluding hydrogens is 268 g/mol. The van der Waals surface area contributed by atoms with E-state index in [1.165, 1.54) is 25.7 Å². The SMILES string of the molecule is CCCCCCCCNC(=O)NCC(CC)(CC)C(=O)O. The van der Waals surface area contributed by atoms with Crippen molar-refractivity contribution in [3.63, 3.8) is 0 Å². The van der Waals surface area contributed by atoms with Crippen molar-refractivity contribution in [3.05, 3.63) is 0 Å². The van der Waals surface area contributed by atoms with Crippen LogP contribution in [0.4, 0.5) is 4.79 Å². The van der Waals surface area contributed by atoms with E-state index < -0.39 is 11.4 Å². The molecule has 0 radical (unpaired) electrons. The third-order valence-corrected chi connectivity index (χ3v) is 4.21. The number of hydrogen-bond donors (Lipinski definition) is 3. The fourth-order valence-corrected chi connectivity index (χ4v) is 2.30. The van der Waals surface area contributed by atoms with E-state index in [1.807, 2.05) is 13.8 Å². The number of amides is 2. The van der Waals surface area contributed by atoms with Crippen molar-refractivity contribution in [2.24, 2.45) is 5.41 Å². The molecule has 5 heteroatoms. The number of nitrogens with one attached hydrogen (secondary N) is 2. The Labute approximate surface area is 128 Å². The van der Waals surface area contributed by atoms with Gasteiger partial charge in [-0.05, 0) is 19.3 Å². The number of carbonyl (C=O) groups excluding carboxylic acids is 1. The number of rotatable bonds is 12. The lowest BCUT2D eigenvalue weighted by atomic mass is 9.82. The van der Waals surface area contributed by atoms with E-state index in [2.05, 4.69) is 17.6 Å². The number of urea groups is 1. The zero-order valence-corrected chi connectivity index (χ0v) is 13.8. The summed E-state index contributed by atoms with van der Waals surface area (Å²) in [6, 6.07) is -0.268. The molecule has 0 saturated carbocycles. The molecular formula is C16H32N2O3. The number of unbranched alkanes of at least 4 members (excludes halogenated alkanes) is 5. The van der Waals surface area contributed by atoms with Crippen molar-refractivity contribution in [2.45, 2.75) is 72.1 Å². The molecule has 0 saturated heterocycles. The number of carbonyl (C=O) groups is 2. The normalized spacial score (nSPS) is 11.2. The second-order valence-corrected chi connectivity index (χ2v) is 5.67. The lowest BCUT2D eigenvalue weighted by Gasteiger charge is -2.26. The lowest BCUT2D eigenvalue weighted by Crippen LogP contribution is -2.46. The van der Waals surface area contributed by atoms with Gasteiger partial charge in [0, 0.05) is 13.1 Å². The maximum atomic E-state index is 11.7. The summed E-state index contributed by atoms with van der Waals surface area (Å²) in [5.74, 6) is -0.844. The zero-order valence-electron chi connectivity index (χ0n) is 13.8. The smallest absolute Gasteiger partial charge is 0.314 e.